The van der Waals surface area contributed by atoms with Gasteiger partial charge in [-0.3, -0.25) is 0 Å². The molecule has 0 saturated heterocycles. The van der Waals surface area contributed by atoms with Crippen LogP contribution in [0.15, 0.2) is 0 Å². The van der Waals surface area contributed by atoms with E-state index in [2.05, 4.69) is 23.5 Å². The minimum atomic E-state index is 0. The second kappa shape index (κ2) is 15.8. The van der Waals surface area contributed by atoms with Crippen LogP contribution in [-0.4, -0.2) is 23.2 Å². The second-order valence-electron chi connectivity index (χ2n) is 1.22. The predicted molar refractivity (Wildman–Crippen MR) is 47.3 cm³/mol. The first-order valence-electron chi connectivity index (χ1n) is 2.23. The summed E-state index contributed by atoms with van der Waals surface area (Å²) < 4.78 is 4.70. The van der Waals surface area contributed by atoms with Gasteiger partial charge in [-0.05, 0) is 6.42 Å². The topological polar surface area (TPSA) is 9.23 Å². The molecule has 0 rings (SSSR count). The molecule has 0 aliphatic rings. The van der Waals surface area contributed by atoms with Crippen molar-refractivity contribution in [2.75, 3.05) is 6.61 Å². The molecule has 0 amide bonds. The predicted octanol–water partition coefficient (Wildman–Crippen LogP) is 2.04. The molecule has 0 bridgehead atoms. The Morgan fingerprint density at radius 2 is 1.88 bits per heavy atom. The van der Waals surface area contributed by atoms with E-state index in [0.29, 0.717) is 0 Å². The van der Waals surface area contributed by atoms with Crippen molar-refractivity contribution in [3.05, 3.63) is 0 Å². The highest BCUT2D eigenvalue weighted by Crippen LogP contribution is 1.82. The lowest BCUT2D eigenvalue weighted by Gasteiger charge is -1.91. The van der Waals surface area contributed by atoms with Crippen LogP contribution in [0.4, 0.5) is 0 Å². The molecular weight excluding hydrogens is 251 g/mol. The van der Waals surface area contributed by atoms with E-state index in [4.69, 9.17) is 3.79 Å². The molecule has 0 heterocycles. The minimum Gasteiger partial charge on any atom is -0.516 e. The maximum atomic E-state index is 4.70. The fourth-order valence-electron chi connectivity index (χ4n) is 0.228. The molecule has 8 heavy (non-hydrogen) atoms. The van der Waals surface area contributed by atoms with Gasteiger partial charge in [-0.25, -0.2) is 0 Å². The molecule has 50 valence electrons. The number of unbranched alkanes of at least 4 members (excludes halogenated alkanes) is 1. The molecule has 0 aromatic heterocycles. The number of halogens is 2. The average Bonchev–Trinajstić information content (AvgIpc) is 1.61. The van der Waals surface area contributed by atoms with Gasteiger partial charge in [0.1, 0.15) is 0 Å². The van der Waals surface area contributed by atoms with Gasteiger partial charge in [-0.1, -0.05) is 13.3 Å². The van der Waals surface area contributed by atoms with E-state index < -0.39 is 0 Å². The molecule has 0 saturated carbocycles. The molecule has 0 aliphatic carbocycles. The Labute approximate surface area is 80.5 Å². The molecule has 0 unspecified atom stereocenters. The maximum Gasteiger partial charge on any atom is 0.369 e. The Hall–Kier alpha value is 1.45. The Kier molecular flexibility index (Phi) is 32.0. The molecule has 0 aromatic carbocycles. The molecule has 0 N–H and O–H groups in total. The maximum absolute atomic E-state index is 4.70. The zero-order valence-electron chi connectivity index (χ0n) is 4.92. The van der Waals surface area contributed by atoms with Crippen LogP contribution in [0.1, 0.15) is 19.8 Å². The van der Waals surface area contributed by atoms with E-state index in [0.717, 1.165) is 6.61 Å². The summed E-state index contributed by atoms with van der Waals surface area (Å²) in [7, 11) is 0. The molecule has 1 nitrogen and oxygen atoms in total. The fourth-order valence-corrected chi connectivity index (χ4v) is 0.394. The van der Waals surface area contributed by atoms with Crippen molar-refractivity contribution < 1.29 is 3.79 Å². The highest BCUT2D eigenvalue weighted by Gasteiger charge is 1.73. The van der Waals surface area contributed by atoms with Crippen LogP contribution in [-0.2, 0) is 3.79 Å². The quantitative estimate of drug-likeness (QED) is 0.558. The Bertz CT molecular complexity index is 26.0. The summed E-state index contributed by atoms with van der Waals surface area (Å²) >= 11 is 2.23. The molecule has 4 heteroatoms. The standard InChI is InChI=1S/C4H9O.Al.2BrH/c1-2-3-4-5;;;/h2-4H2,1H3;;2*1H/q-1;+1;;. The third kappa shape index (κ3) is 15.7. The van der Waals surface area contributed by atoms with E-state index in [1.807, 2.05) is 0 Å². The Balaban J connectivity index is -0.000000125. The van der Waals surface area contributed by atoms with Crippen LogP contribution in [0.2, 0.25) is 0 Å². The first kappa shape index (κ1) is 16.2. The van der Waals surface area contributed by atoms with E-state index in [-0.39, 0.29) is 34.0 Å². The van der Waals surface area contributed by atoms with Gasteiger partial charge in [0.2, 0.25) is 0 Å². The van der Waals surface area contributed by atoms with E-state index in [9.17, 15) is 0 Å². The van der Waals surface area contributed by atoms with E-state index in [1.54, 1.807) is 0 Å². The highest BCUT2D eigenvalue weighted by atomic mass is 79.9. The van der Waals surface area contributed by atoms with Crippen molar-refractivity contribution in [1.29, 1.82) is 0 Å². The third-order valence-corrected chi connectivity index (χ3v) is 0.851. The number of hydrogen-bond donors (Lipinski definition) is 0. The fraction of sp³-hybridized carbons (Fsp3) is 1.00. The smallest absolute Gasteiger partial charge is 0.369 e. The van der Waals surface area contributed by atoms with Crippen LogP contribution in [0.5, 0.6) is 0 Å². The minimum absolute atomic E-state index is 0. The van der Waals surface area contributed by atoms with Gasteiger partial charge in [0.05, 0.1) is 0 Å². The highest BCUT2D eigenvalue weighted by molar-refractivity contribution is 8.93. The molecule has 0 spiro atoms. The van der Waals surface area contributed by atoms with Crippen LogP contribution >= 0.6 is 34.0 Å². The lowest BCUT2D eigenvalue weighted by atomic mass is 10.4. The summed E-state index contributed by atoms with van der Waals surface area (Å²) in [5, 5.41) is 0. The van der Waals surface area contributed by atoms with Crippen molar-refractivity contribution in [2.45, 2.75) is 19.8 Å². The van der Waals surface area contributed by atoms with Gasteiger partial charge in [0, 0.05) is 6.61 Å². The molecule has 0 aromatic rings. The normalized spacial score (nSPS) is 6.62. The lowest BCUT2D eigenvalue weighted by Crippen LogP contribution is -1.85. The summed E-state index contributed by atoms with van der Waals surface area (Å²) in [5.41, 5.74) is 0. The van der Waals surface area contributed by atoms with Crippen molar-refractivity contribution in [2.24, 2.45) is 0 Å². The summed E-state index contributed by atoms with van der Waals surface area (Å²) in [4.78, 5) is 0. The largest absolute Gasteiger partial charge is 0.516 e. The summed E-state index contributed by atoms with van der Waals surface area (Å²) in [6, 6.07) is 0. The monoisotopic (exact) mass is 260 g/mol. The van der Waals surface area contributed by atoms with Gasteiger partial charge < -0.3 is 3.79 Å². The Morgan fingerprint density at radius 3 is 2.00 bits per heavy atom. The van der Waals surface area contributed by atoms with Crippen LogP contribution in [0.3, 0.4) is 0 Å². The van der Waals surface area contributed by atoms with Crippen molar-refractivity contribution in [3.8, 4) is 0 Å². The van der Waals surface area contributed by atoms with Gasteiger partial charge in [-0.15, -0.1) is 34.0 Å². The molecular formula is C4H11AlBr2O. The Morgan fingerprint density at radius 1 is 1.38 bits per heavy atom. The zero-order chi connectivity index (χ0) is 4.83. The molecule has 0 aliphatic heterocycles. The first-order chi connectivity index (χ1) is 2.91. The number of rotatable bonds is 3. The van der Waals surface area contributed by atoms with E-state index in [1.165, 1.54) is 12.8 Å². The van der Waals surface area contributed by atoms with Crippen molar-refractivity contribution >= 4 is 50.6 Å². The number of hydrogen-bond acceptors (Lipinski definition) is 1. The average molecular weight is 262 g/mol. The SMILES string of the molecule is Br.Br.CCCC[O][Al]. The second-order valence-corrected chi connectivity index (χ2v) is 1.56. The van der Waals surface area contributed by atoms with Gasteiger partial charge in [0.15, 0.2) is 0 Å². The summed E-state index contributed by atoms with van der Waals surface area (Å²) in [5.74, 6) is 0. The van der Waals surface area contributed by atoms with Gasteiger partial charge >= 0.3 is 16.6 Å². The zero-order valence-corrected chi connectivity index (χ0v) is 9.50. The van der Waals surface area contributed by atoms with Crippen molar-refractivity contribution in [1.82, 2.24) is 0 Å². The third-order valence-electron chi connectivity index (χ3n) is 0.616. The first-order valence-corrected chi connectivity index (χ1v) is 2.70. The molecule has 0 atom stereocenters. The summed E-state index contributed by atoms with van der Waals surface area (Å²) in [6.45, 7) is 3.02. The molecule has 0 fully saturated rings. The summed E-state index contributed by atoms with van der Waals surface area (Å²) in [6.07, 6.45) is 2.39. The van der Waals surface area contributed by atoms with Gasteiger partial charge in [0.25, 0.3) is 0 Å². The van der Waals surface area contributed by atoms with Crippen LogP contribution in [0.25, 0.3) is 0 Å². The molecule has 2 radical (unpaired) electrons. The van der Waals surface area contributed by atoms with Crippen LogP contribution in [0, 0.1) is 0 Å². The lowest BCUT2D eigenvalue weighted by molar-refractivity contribution is 0.339. The van der Waals surface area contributed by atoms with Gasteiger partial charge in [-0.2, -0.15) is 0 Å². The van der Waals surface area contributed by atoms with E-state index >= 15 is 0 Å². The van der Waals surface area contributed by atoms with Crippen LogP contribution < -0.4 is 0 Å². The van der Waals surface area contributed by atoms with Crippen molar-refractivity contribution in [3.63, 3.8) is 0 Å².